The molecule has 190 valence electrons. The highest BCUT2D eigenvalue weighted by molar-refractivity contribution is 5.97. The van der Waals surface area contributed by atoms with E-state index in [-0.39, 0.29) is 46.1 Å². The van der Waals surface area contributed by atoms with Crippen LogP contribution in [0.2, 0.25) is 0 Å². The number of rotatable bonds is 8. The number of anilines is 2. The average Bonchev–Trinajstić information content (AvgIpc) is 2.93. The Balaban J connectivity index is 1.53. The van der Waals surface area contributed by atoms with Gasteiger partial charge in [0, 0.05) is 18.2 Å². The molecule has 0 bridgehead atoms. The van der Waals surface area contributed by atoms with E-state index in [4.69, 9.17) is 19.6 Å². The van der Waals surface area contributed by atoms with Gasteiger partial charge < -0.3 is 24.9 Å². The van der Waals surface area contributed by atoms with Crippen molar-refractivity contribution in [2.24, 2.45) is 0 Å². The molecule has 0 radical (unpaired) electrons. The van der Waals surface area contributed by atoms with E-state index in [1.807, 2.05) is 84.9 Å². The number of nitrogens with one attached hydrogen (secondary N) is 1. The van der Waals surface area contributed by atoms with Crippen molar-refractivity contribution < 1.29 is 18.7 Å². The summed E-state index contributed by atoms with van der Waals surface area (Å²) in [6, 6.07) is 29.7. The quantitative estimate of drug-likeness (QED) is 0.244. The maximum absolute atomic E-state index is 13.7. The third-order valence-corrected chi connectivity index (χ3v) is 5.89. The minimum atomic E-state index is -0.388. The minimum absolute atomic E-state index is 0.0543. The molecule has 5 aromatic rings. The Labute approximate surface area is 219 Å². The molecule has 3 N–H and O–H groups in total. The Morgan fingerprint density at radius 1 is 0.842 bits per heavy atom. The fourth-order valence-corrected chi connectivity index (χ4v) is 4.08. The number of ether oxygens (including phenoxy) is 2. The third-order valence-electron chi connectivity index (χ3n) is 5.89. The molecule has 1 amide bonds. The molecule has 0 spiro atoms. The van der Waals surface area contributed by atoms with Gasteiger partial charge in [-0.2, -0.15) is 0 Å². The van der Waals surface area contributed by atoms with Crippen molar-refractivity contribution in [3.8, 4) is 22.8 Å². The molecule has 0 aliphatic carbocycles. The van der Waals surface area contributed by atoms with Crippen LogP contribution in [-0.4, -0.2) is 5.91 Å². The minimum Gasteiger partial charge on any atom is -0.489 e. The number of amides is 1. The zero-order chi connectivity index (χ0) is 26.5. The Morgan fingerprint density at radius 2 is 1.45 bits per heavy atom. The van der Waals surface area contributed by atoms with Crippen molar-refractivity contribution in [1.82, 2.24) is 0 Å². The third kappa shape index (κ3) is 5.52. The second kappa shape index (κ2) is 10.9. The van der Waals surface area contributed by atoms with Gasteiger partial charge in [0.2, 0.25) is 17.1 Å². The number of nitrogen functional groups attached to an aromatic ring is 1. The maximum atomic E-state index is 13.7. The zero-order valence-electron chi connectivity index (χ0n) is 20.8. The number of nitrogens with two attached hydrogens (primary N) is 1. The first-order valence-electron chi connectivity index (χ1n) is 12.1. The van der Waals surface area contributed by atoms with Crippen molar-refractivity contribution in [2.45, 2.75) is 20.1 Å². The largest absolute Gasteiger partial charge is 0.489 e. The molecule has 1 heterocycles. The Hall–Kier alpha value is -5.04. The Kier molecular flexibility index (Phi) is 7.08. The molecule has 1 aromatic heterocycles. The number of hydrogen-bond acceptors (Lipinski definition) is 6. The monoisotopic (exact) mass is 506 g/mol. The molecule has 4 aromatic carbocycles. The normalized spacial score (nSPS) is 10.8. The van der Waals surface area contributed by atoms with Crippen LogP contribution in [0.1, 0.15) is 18.1 Å². The predicted octanol–water partition coefficient (Wildman–Crippen LogP) is 6.16. The molecule has 0 atom stereocenters. The van der Waals surface area contributed by atoms with Crippen LogP contribution in [0.15, 0.2) is 106 Å². The Morgan fingerprint density at radius 3 is 2.05 bits per heavy atom. The number of carbonyl (C=O) groups excluding carboxylic acids is 1. The highest BCUT2D eigenvalue weighted by Crippen LogP contribution is 2.35. The Bertz CT molecular complexity index is 1630. The van der Waals surface area contributed by atoms with E-state index in [9.17, 15) is 9.59 Å². The van der Waals surface area contributed by atoms with Crippen LogP contribution in [0.5, 0.6) is 11.5 Å². The summed E-state index contributed by atoms with van der Waals surface area (Å²) in [5.74, 6) is 0.706. The summed E-state index contributed by atoms with van der Waals surface area (Å²) in [4.78, 5) is 25.3. The summed E-state index contributed by atoms with van der Waals surface area (Å²) in [6.45, 7) is 1.99. The van der Waals surface area contributed by atoms with Crippen LogP contribution in [0.3, 0.4) is 0 Å². The van der Waals surface area contributed by atoms with E-state index in [0.29, 0.717) is 23.6 Å². The highest BCUT2D eigenvalue weighted by Gasteiger charge is 2.20. The van der Waals surface area contributed by atoms with Crippen molar-refractivity contribution in [3.05, 3.63) is 118 Å². The lowest BCUT2D eigenvalue weighted by Gasteiger charge is -2.14. The molecule has 0 saturated carbocycles. The molecule has 0 saturated heterocycles. The van der Waals surface area contributed by atoms with Crippen LogP contribution in [0.25, 0.3) is 22.3 Å². The van der Waals surface area contributed by atoms with E-state index in [0.717, 1.165) is 11.1 Å². The molecule has 7 heteroatoms. The van der Waals surface area contributed by atoms with Crippen LogP contribution in [-0.2, 0) is 18.0 Å². The van der Waals surface area contributed by atoms with Gasteiger partial charge in [-0.3, -0.25) is 9.59 Å². The molecular weight excluding hydrogens is 480 g/mol. The van der Waals surface area contributed by atoms with Gasteiger partial charge in [0.25, 0.3) is 0 Å². The SMILES string of the molecule is CC(=O)Nc1cc(N)c2oc(-c3ccc(OCc4ccccc4)cc3)c(OCc3ccccc3)c(=O)c2c1. The van der Waals surface area contributed by atoms with Gasteiger partial charge in [0.15, 0.2) is 11.3 Å². The molecular formula is C31H26N2O5. The lowest BCUT2D eigenvalue weighted by atomic mass is 10.1. The number of benzene rings is 4. The predicted molar refractivity (Wildman–Crippen MR) is 148 cm³/mol. The van der Waals surface area contributed by atoms with Gasteiger partial charge in [-0.1, -0.05) is 60.7 Å². The van der Waals surface area contributed by atoms with Gasteiger partial charge in [-0.25, -0.2) is 0 Å². The standard InChI is InChI=1S/C31H26N2O5/c1-20(34)33-24-16-26-28(35)31(37-19-22-10-6-3-7-11-22)29(38-30(26)27(32)17-24)23-12-14-25(15-13-23)36-18-21-8-4-2-5-9-21/h2-17H,18-19,32H2,1H3,(H,33,34). The van der Waals surface area contributed by atoms with Gasteiger partial charge in [-0.05, 0) is 47.5 Å². The summed E-state index contributed by atoms with van der Waals surface area (Å²) in [5.41, 5.74) is 9.28. The topological polar surface area (TPSA) is 104 Å². The van der Waals surface area contributed by atoms with E-state index in [2.05, 4.69) is 5.32 Å². The van der Waals surface area contributed by atoms with E-state index >= 15 is 0 Å². The van der Waals surface area contributed by atoms with E-state index in [1.54, 1.807) is 12.1 Å². The first kappa shape index (κ1) is 24.6. The molecule has 0 aliphatic heterocycles. The van der Waals surface area contributed by atoms with Crippen molar-refractivity contribution in [2.75, 3.05) is 11.1 Å². The fourth-order valence-electron chi connectivity index (χ4n) is 4.08. The van der Waals surface area contributed by atoms with Crippen molar-refractivity contribution in [3.63, 3.8) is 0 Å². The summed E-state index contributed by atoms with van der Waals surface area (Å²) < 4.78 is 18.2. The number of fused-ring (bicyclic) bond motifs is 1. The number of carbonyl (C=O) groups is 1. The molecule has 0 unspecified atom stereocenters. The lowest BCUT2D eigenvalue weighted by Crippen LogP contribution is -2.12. The van der Waals surface area contributed by atoms with Crippen LogP contribution in [0, 0.1) is 0 Å². The smallest absolute Gasteiger partial charge is 0.235 e. The molecule has 0 aliphatic rings. The second-order valence-corrected chi connectivity index (χ2v) is 8.79. The van der Waals surface area contributed by atoms with Crippen LogP contribution in [0.4, 0.5) is 11.4 Å². The maximum Gasteiger partial charge on any atom is 0.235 e. The van der Waals surface area contributed by atoms with Gasteiger partial charge >= 0.3 is 0 Å². The van der Waals surface area contributed by atoms with Crippen molar-refractivity contribution in [1.29, 1.82) is 0 Å². The van der Waals surface area contributed by atoms with Gasteiger partial charge in [0.05, 0.1) is 11.1 Å². The zero-order valence-corrected chi connectivity index (χ0v) is 20.8. The van der Waals surface area contributed by atoms with E-state index in [1.165, 1.54) is 6.92 Å². The highest BCUT2D eigenvalue weighted by atomic mass is 16.5. The van der Waals surface area contributed by atoms with E-state index < -0.39 is 0 Å². The molecule has 0 fully saturated rings. The summed E-state index contributed by atoms with van der Waals surface area (Å²) in [5, 5.41) is 2.88. The number of hydrogen-bond donors (Lipinski definition) is 2. The van der Waals surface area contributed by atoms with Gasteiger partial charge in [-0.15, -0.1) is 0 Å². The lowest BCUT2D eigenvalue weighted by molar-refractivity contribution is -0.114. The first-order chi connectivity index (χ1) is 18.5. The van der Waals surface area contributed by atoms with Gasteiger partial charge in [0.1, 0.15) is 19.0 Å². The summed E-state index contributed by atoms with van der Waals surface area (Å²) >= 11 is 0. The first-order valence-corrected chi connectivity index (χ1v) is 12.1. The molecule has 38 heavy (non-hydrogen) atoms. The van der Waals surface area contributed by atoms with Crippen molar-refractivity contribution >= 4 is 28.3 Å². The van der Waals surface area contributed by atoms with Crippen LogP contribution >= 0.6 is 0 Å². The fraction of sp³-hybridized carbons (Fsp3) is 0.0968. The average molecular weight is 507 g/mol. The summed E-state index contributed by atoms with van der Waals surface area (Å²) in [7, 11) is 0. The summed E-state index contributed by atoms with van der Waals surface area (Å²) in [6.07, 6.45) is 0. The van der Waals surface area contributed by atoms with Crippen LogP contribution < -0.4 is 26.0 Å². The molecule has 7 nitrogen and oxygen atoms in total. The second-order valence-electron chi connectivity index (χ2n) is 8.79. The molecule has 5 rings (SSSR count).